The van der Waals surface area contributed by atoms with E-state index in [-0.39, 0.29) is 45.1 Å². The summed E-state index contributed by atoms with van der Waals surface area (Å²) in [5.74, 6) is -1.71. The molecule has 38 heavy (non-hydrogen) atoms. The van der Waals surface area contributed by atoms with Gasteiger partial charge in [-0.05, 0) is 44.2 Å². The van der Waals surface area contributed by atoms with Crippen molar-refractivity contribution in [3.05, 3.63) is 71.8 Å². The minimum absolute atomic E-state index is 0.0675. The minimum Gasteiger partial charge on any atom is -0.465 e. The van der Waals surface area contributed by atoms with Crippen LogP contribution in [0.4, 0.5) is 0 Å². The Kier molecular flexibility index (Phi) is 13.2. The van der Waals surface area contributed by atoms with Gasteiger partial charge in [0.25, 0.3) is 0 Å². The Hall–Kier alpha value is -3.04. The van der Waals surface area contributed by atoms with Gasteiger partial charge in [0, 0.05) is 19.6 Å². The van der Waals surface area contributed by atoms with E-state index < -0.39 is 37.4 Å². The maximum absolute atomic E-state index is 14.4. The topological polar surface area (TPSA) is 134 Å². The van der Waals surface area contributed by atoms with Gasteiger partial charge in [0.15, 0.2) is 0 Å². The molecule has 3 N–H and O–H groups in total. The van der Waals surface area contributed by atoms with Crippen LogP contribution >= 0.6 is 7.44 Å². The van der Waals surface area contributed by atoms with E-state index in [0.29, 0.717) is 5.06 Å². The third kappa shape index (κ3) is 10.8. The van der Waals surface area contributed by atoms with Crippen molar-refractivity contribution in [2.45, 2.75) is 51.6 Å². The van der Waals surface area contributed by atoms with E-state index in [2.05, 4.69) is 10.2 Å². The molecular weight excluding hydrogens is 509 g/mol. The Morgan fingerprint density at radius 2 is 1.26 bits per heavy atom. The quantitative estimate of drug-likeness (QED) is 0.125. The fourth-order valence-corrected chi connectivity index (χ4v) is 6.17. The van der Waals surface area contributed by atoms with Gasteiger partial charge in [0.2, 0.25) is 13.4 Å². The van der Waals surface area contributed by atoms with Crippen molar-refractivity contribution in [2.24, 2.45) is 0 Å². The van der Waals surface area contributed by atoms with Crippen molar-refractivity contribution in [1.29, 1.82) is 0 Å². The highest BCUT2D eigenvalue weighted by Gasteiger charge is 2.35. The van der Waals surface area contributed by atoms with Crippen molar-refractivity contribution in [3.63, 3.8) is 0 Å². The summed E-state index contributed by atoms with van der Waals surface area (Å²) in [5.41, 5.74) is 1.65. The number of amides is 1. The van der Waals surface area contributed by atoms with Gasteiger partial charge in [0.1, 0.15) is 12.1 Å². The monoisotopic (exact) mass is 547 g/mol. The van der Waals surface area contributed by atoms with Crippen molar-refractivity contribution in [2.75, 3.05) is 26.4 Å². The normalized spacial score (nSPS) is 12.8. The summed E-state index contributed by atoms with van der Waals surface area (Å²) in [6.07, 6.45) is 0.384. The summed E-state index contributed by atoms with van der Waals surface area (Å²) in [4.78, 5) is 37.7. The lowest BCUT2D eigenvalue weighted by Gasteiger charge is -2.29. The molecule has 0 aliphatic rings. The number of hydroxylamine groups is 2. The number of ether oxygens (including phenoxy) is 2. The Morgan fingerprint density at radius 1 is 0.842 bits per heavy atom. The number of hydrogen-bond donors (Lipinski definition) is 3. The molecule has 1 amide bonds. The molecule has 10 nitrogen and oxygen atoms in total. The zero-order valence-electron chi connectivity index (χ0n) is 22.2. The molecule has 2 aromatic carbocycles. The van der Waals surface area contributed by atoms with Crippen LogP contribution in [0.15, 0.2) is 60.7 Å². The summed E-state index contributed by atoms with van der Waals surface area (Å²) in [6.45, 7) is 3.65. The molecular formula is C27H38N3O7P. The second-order valence-corrected chi connectivity index (χ2v) is 11.2. The molecule has 0 spiro atoms. The summed E-state index contributed by atoms with van der Waals surface area (Å²) >= 11 is 0. The first-order valence-corrected chi connectivity index (χ1v) is 14.6. The maximum Gasteiger partial charge on any atom is 0.323 e. The number of esters is 2. The molecule has 0 aromatic heterocycles. The summed E-state index contributed by atoms with van der Waals surface area (Å²) in [5, 5.41) is 15.8. The Bertz CT molecular complexity index is 997. The number of nitrogens with one attached hydrogen (secondary N) is 2. The largest absolute Gasteiger partial charge is 0.465 e. The van der Waals surface area contributed by atoms with E-state index >= 15 is 0 Å². The van der Waals surface area contributed by atoms with Gasteiger partial charge in [-0.3, -0.25) is 24.2 Å². The zero-order chi connectivity index (χ0) is 28.0. The van der Waals surface area contributed by atoms with Crippen LogP contribution in [-0.4, -0.2) is 66.6 Å². The van der Waals surface area contributed by atoms with Crippen LogP contribution in [0.25, 0.3) is 0 Å². The number of carbonyl (C=O) groups excluding carboxylic acids is 3. The first kappa shape index (κ1) is 31.2. The lowest BCUT2D eigenvalue weighted by Crippen LogP contribution is -2.46. The molecule has 0 unspecified atom stereocenters. The van der Waals surface area contributed by atoms with Crippen molar-refractivity contribution >= 4 is 25.3 Å². The highest BCUT2D eigenvalue weighted by Crippen LogP contribution is 2.40. The molecule has 2 aromatic rings. The second kappa shape index (κ2) is 16.0. The summed E-state index contributed by atoms with van der Waals surface area (Å²) < 4.78 is 24.9. The van der Waals surface area contributed by atoms with E-state index in [1.807, 2.05) is 60.7 Å². The Morgan fingerprint density at radius 3 is 1.63 bits per heavy atom. The Labute approximate surface area is 224 Å². The molecule has 0 bridgehead atoms. The van der Waals surface area contributed by atoms with Crippen LogP contribution in [0.1, 0.15) is 37.8 Å². The molecule has 2 rings (SSSR count). The van der Waals surface area contributed by atoms with E-state index in [9.17, 15) is 24.2 Å². The average Bonchev–Trinajstić information content (AvgIpc) is 2.89. The number of rotatable bonds is 16. The number of nitrogens with zero attached hydrogens (tertiary/aromatic N) is 1. The van der Waals surface area contributed by atoms with Gasteiger partial charge in [-0.25, -0.2) is 15.2 Å². The summed E-state index contributed by atoms with van der Waals surface area (Å²) in [6, 6.07) is 16.5. The molecule has 0 aliphatic heterocycles. The molecule has 0 radical (unpaired) electrons. The molecule has 208 valence electrons. The van der Waals surface area contributed by atoms with Crippen LogP contribution in [0.2, 0.25) is 0 Å². The minimum atomic E-state index is -3.70. The van der Waals surface area contributed by atoms with Gasteiger partial charge in [-0.15, -0.1) is 0 Å². The highest BCUT2D eigenvalue weighted by molar-refractivity contribution is 7.59. The second-order valence-electron chi connectivity index (χ2n) is 8.73. The van der Waals surface area contributed by atoms with E-state index in [1.165, 1.54) is 7.05 Å². The lowest BCUT2D eigenvalue weighted by atomic mass is 10.1. The SMILES string of the molecule is CCOC(=O)[C@H](Cc1ccccc1)NP(=O)(CCCC(=O)N(C)O)N[C@@H](Cc1ccccc1)C(=O)OCC. The van der Waals surface area contributed by atoms with Crippen LogP contribution in [0, 0.1) is 0 Å². The zero-order valence-corrected chi connectivity index (χ0v) is 23.1. The standard InChI is InChI=1S/C27H38N3O7P/c1-4-36-26(32)23(19-21-13-8-6-9-14-21)28-38(35,18-12-17-25(31)30(3)34)29-24(27(33)37-5-2)20-22-15-10-7-11-16-22/h6-11,13-16,23-24,34H,4-5,12,17-20H2,1-3H3,(H2,28,29,35)/t23-,24-/m0/s1. The molecule has 0 fully saturated rings. The molecule has 0 saturated carbocycles. The summed E-state index contributed by atoms with van der Waals surface area (Å²) in [7, 11) is -2.49. The molecule has 11 heteroatoms. The average molecular weight is 548 g/mol. The predicted molar refractivity (Wildman–Crippen MR) is 144 cm³/mol. The maximum atomic E-state index is 14.4. The number of carbonyl (C=O) groups is 3. The first-order valence-electron chi connectivity index (χ1n) is 12.7. The third-order valence-corrected chi connectivity index (χ3v) is 8.06. The van der Waals surface area contributed by atoms with Gasteiger partial charge >= 0.3 is 11.9 Å². The van der Waals surface area contributed by atoms with E-state index in [4.69, 9.17) is 9.47 Å². The highest BCUT2D eigenvalue weighted by atomic mass is 31.2. The van der Waals surface area contributed by atoms with Crippen LogP contribution in [-0.2, 0) is 41.3 Å². The predicted octanol–water partition coefficient (Wildman–Crippen LogP) is 3.34. The van der Waals surface area contributed by atoms with Gasteiger partial charge in [0.05, 0.1) is 13.2 Å². The van der Waals surface area contributed by atoms with Crippen LogP contribution < -0.4 is 10.2 Å². The van der Waals surface area contributed by atoms with E-state index in [1.54, 1.807) is 13.8 Å². The smallest absolute Gasteiger partial charge is 0.323 e. The van der Waals surface area contributed by atoms with Gasteiger partial charge in [-0.2, -0.15) is 0 Å². The van der Waals surface area contributed by atoms with E-state index in [0.717, 1.165) is 11.1 Å². The van der Waals surface area contributed by atoms with Crippen LogP contribution in [0.5, 0.6) is 0 Å². The molecule has 2 atom stereocenters. The lowest BCUT2D eigenvalue weighted by molar-refractivity contribution is -0.159. The number of hydrogen-bond acceptors (Lipinski definition) is 7. The van der Waals surface area contributed by atoms with Crippen molar-refractivity contribution in [3.8, 4) is 0 Å². The number of benzene rings is 2. The van der Waals surface area contributed by atoms with Crippen LogP contribution in [0.3, 0.4) is 0 Å². The van der Waals surface area contributed by atoms with Crippen molar-refractivity contribution < 1.29 is 33.6 Å². The molecule has 0 aliphatic carbocycles. The van der Waals surface area contributed by atoms with Gasteiger partial charge in [-0.1, -0.05) is 60.7 Å². The Balaban J connectivity index is 2.36. The fourth-order valence-electron chi connectivity index (χ4n) is 3.83. The third-order valence-electron chi connectivity index (χ3n) is 5.66. The van der Waals surface area contributed by atoms with Crippen molar-refractivity contribution in [1.82, 2.24) is 15.2 Å². The molecule has 0 saturated heterocycles. The molecule has 0 heterocycles. The first-order chi connectivity index (χ1) is 18.2. The fraction of sp³-hybridized carbons (Fsp3) is 0.444. The van der Waals surface area contributed by atoms with Gasteiger partial charge < -0.3 is 9.47 Å².